The number of hydrogen-bond donors (Lipinski definition) is 1. The minimum atomic E-state index is 0.294. The van der Waals surface area contributed by atoms with E-state index < -0.39 is 0 Å². The quantitative estimate of drug-likeness (QED) is 0.750. The number of hydrogen-bond acceptors (Lipinski definition) is 7. The standard InChI is InChI=1S/C16H21N9/c1-23-14(11-25-9-3-6-19-25)21-22-15(23)12-4-2-8-24(10-12)16-18-7-5-13(17)20-16/h3,5-7,9,12H,2,4,8,10-11H2,1H3,(H2,17,18,20)/t12-/m0/s1. The fourth-order valence-corrected chi connectivity index (χ4v) is 3.29. The summed E-state index contributed by atoms with van der Waals surface area (Å²) in [6.45, 7) is 2.36. The van der Waals surface area contributed by atoms with Crippen molar-refractivity contribution in [2.45, 2.75) is 25.3 Å². The van der Waals surface area contributed by atoms with Crippen molar-refractivity contribution < 1.29 is 0 Å². The Labute approximate surface area is 145 Å². The summed E-state index contributed by atoms with van der Waals surface area (Å²) in [6, 6.07) is 3.61. The van der Waals surface area contributed by atoms with Crippen molar-refractivity contribution in [3.63, 3.8) is 0 Å². The average molecular weight is 339 g/mol. The van der Waals surface area contributed by atoms with Crippen LogP contribution in [0.4, 0.5) is 11.8 Å². The predicted octanol–water partition coefficient (Wildman–Crippen LogP) is 0.816. The van der Waals surface area contributed by atoms with Crippen LogP contribution in [0.2, 0.25) is 0 Å². The molecule has 0 bridgehead atoms. The number of nitrogens with zero attached hydrogens (tertiary/aromatic N) is 8. The van der Waals surface area contributed by atoms with Gasteiger partial charge in [-0.3, -0.25) is 4.68 Å². The zero-order valence-electron chi connectivity index (χ0n) is 14.2. The molecule has 1 fully saturated rings. The van der Waals surface area contributed by atoms with Gasteiger partial charge in [-0.15, -0.1) is 10.2 Å². The van der Waals surface area contributed by atoms with Crippen molar-refractivity contribution in [2.24, 2.45) is 7.05 Å². The van der Waals surface area contributed by atoms with Gasteiger partial charge in [0, 0.05) is 44.6 Å². The first-order valence-electron chi connectivity index (χ1n) is 8.40. The maximum absolute atomic E-state index is 5.79. The topological polar surface area (TPSA) is 104 Å². The SMILES string of the molecule is Cn1c(Cn2cccn2)nnc1[C@H]1CCCN(c2nccc(N)n2)C1. The number of aromatic nitrogens is 7. The van der Waals surface area contributed by atoms with Crippen LogP contribution < -0.4 is 10.6 Å². The lowest BCUT2D eigenvalue weighted by molar-refractivity contribution is 0.472. The highest BCUT2D eigenvalue weighted by Crippen LogP contribution is 2.27. The van der Waals surface area contributed by atoms with E-state index >= 15 is 0 Å². The van der Waals surface area contributed by atoms with Crippen LogP contribution in [0.15, 0.2) is 30.7 Å². The summed E-state index contributed by atoms with van der Waals surface area (Å²) in [4.78, 5) is 10.9. The molecule has 0 aromatic carbocycles. The van der Waals surface area contributed by atoms with E-state index in [0.29, 0.717) is 24.2 Å². The van der Waals surface area contributed by atoms with Crippen molar-refractivity contribution in [3.05, 3.63) is 42.4 Å². The van der Waals surface area contributed by atoms with E-state index in [2.05, 4.69) is 34.7 Å². The Balaban J connectivity index is 1.52. The third kappa shape index (κ3) is 3.17. The summed E-state index contributed by atoms with van der Waals surface area (Å²) >= 11 is 0. The first-order valence-corrected chi connectivity index (χ1v) is 8.40. The van der Waals surface area contributed by atoms with E-state index in [-0.39, 0.29) is 0 Å². The normalized spacial score (nSPS) is 17.8. The molecule has 1 aliphatic heterocycles. The number of nitrogen functional groups attached to an aromatic ring is 1. The van der Waals surface area contributed by atoms with Gasteiger partial charge in [0.2, 0.25) is 5.95 Å². The third-order valence-corrected chi connectivity index (χ3v) is 4.60. The molecule has 0 spiro atoms. The molecule has 0 saturated carbocycles. The zero-order valence-corrected chi connectivity index (χ0v) is 14.2. The van der Waals surface area contributed by atoms with Crippen molar-refractivity contribution in [2.75, 3.05) is 23.7 Å². The molecule has 3 aromatic rings. The van der Waals surface area contributed by atoms with E-state index in [1.807, 2.05) is 24.0 Å². The molecule has 4 rings (SSSR count). The number of rotatable bonds is 4. The maximum atomic E-state index is 5.79. The van der Waals surface area contributed by atoms with Gasteiger partial charge in [0.05, 0.1) is 0 Å². The van der Waals surface area contributed by atoms with Gasteiger partial charge in [-0.25, -0.2) is 4.98 Å². The second-order valence-electron chi connectivity index (χ2n) is 6.30. The van der Waals surface area contributed by atoms with Gasteiger partial charge in [0.25, 0.3) is 0 Å². The van der Waals surface area contributed by atoms with E-state index in [1.54, 1.807) is 18.5 Å². The lowest BCUT2D eigenvalue weighted by atomic mass is 9.97. The third-order valence-electron chi connectivity index (χ3n) is 4.60. The van der Waals surface area contributed by atoms with Gasteiger partial charge in [-0.05, 0) is 25.0 Å². The molecular formula is C16H21N9. The van der Waals surface area contributed by atoms with E-state index in [4.69, 9.17) is 5.73 Å². The molecule has 1 atom stereocenters. The van der Waals surface area contributed by atoms with Gasteiger partial charge in [0.15, 0.2) is 5.82 Å². The van der Waals surface area contributed by atoms with Crippen molar-refractivity contribution in [3.8, 4) is 0 Å². The summed E-state index contributed by atoms with van der Waals surface area (Å²) in [7, 11) is 2.02. The van der Waals surface area contributed by atoms with Gasteiger partial charge in [-0.1, -0.05) is 0 Å². The summed E-state index contributed by atoms with van der Waals surface area (Å²) in [5.41, 5.74) is 5.79. The molecule has 1 saturated heterocycles. The van der Waals surface area contributed by atoms with E-state index in [0.717, 1.165) is 37.6 Å². The fraction of sp³-hybridized carbons (Fsp3) is 0.438. The van der Waals surface area contributed by atoms with Crippen LogP contribution in [0.1, 0.15) is 30.4 Å². The van der Waals surface area contributed by atoms with Gasteiger partial charge < -0.3 is 15.2 Å². The second kappa shape index (κ2) is 6.50. The van der Waals surface area contributed by atoms with Gasteiger partial charge in [0.1, 0.15) is 18.2 Å². The highest BCUT2D eigenvalue weighted by atomic mass is 15.3. The largest absolute Gasteiger partial charge is 0.384 e. The molecule has 0 aliphatic carbocycles. The van der Waals surface area contributed by atoms with Crippen LogP contribution in [0.25, 0.3) is 0 Å². The highest BCUT2D eigenvalue weighted by Gasteiger charge is 2.27. The molecular weight excluding hydrogens is 318 g/mol. The first kappa shape index (κ1) is 15.6. The van der Waals surface area contributed by atoms with Crippen molar-refractivity contribution >= 4 is 11.8 Å². The lowest BCUT2D eigenvalue weighted by Gasteiger charge is -2.32. The molecule has 9 heteroatoms. The molecule has 4 heterocycles. The van der Waals surface area contributed by atoms with Crippen LogP contribution in [0, 0.1) is 0 Å². The smallest absolute Gasteiger partial charge is 0.227 e. The minimum Gasteiger partial charge on any atom is -0.384 e. The monoisotopic (exact) mass is 339 g/mol. The minimum absolute atomic E-state index is 0.294. The molecule has 9 nitrogen and oxygen atoms in total. The van der Waals surface area contributed by atoms with E-state index in [1.165, 1.54) is 0 Å². The molecule has 0 unspecified atom stereocenters. The summed E-state index contributed by atoms with van der Waals surface area (Å²) in [6.07, 6.45) is 7.53. The zero-order chi connectivity index (χ0) is 17.2. The van der Waals surface area contributed by atoms with Crippen molar-refractivity contribution in [1.29, 1.82) is 0 Å². The maximum Gasteiger partial charge on any atom is 0.227 e. The fourth-order valence-electron chi connectivity index (χ4n) is 3.29. The van der Waals surface area contributed by atoms with Crippen LogP contribution >= 0.6 is 0 Å². The molecule has 3 aromatic heterocycles. The molecule has 0 amide bonds. The Kier molecular flexibility index (Phi) is 4.04. The Bertz CT molecular complexity index is 839. The Morgan fingerprint density at radius 3 is 3.00 bits per heavy atom. The van der Waals surface area contributed by atoms with Crippen LogP contribution in [0.5, 0.6) is 0 Å². The predicted molar refractivity (Wildman–Crippen MR) is 93.0 cm³/mol. The molecule has 2 N–H and O–H groups in total. The lowest BCUT2D eigenvalue weighted by Crippen LogP contribution is -2.36. The summed E-state index contributed by atoms with van der Waals surface area (Å²) < 4.78 is 3.93. The number of anilines is 2. The Morgan fingerprint density at radius 2 is 2.20 bits per heavy atom. The highest BCUT2D eigenvalue weighted by molar-refractivity contribution is 5.38. The Hall–Kier alpha value is -2.97. The average Bonchev–Trinajstić information content (AvgIpc) is 3.26. The second-order valence-corrected chi connectivity index (χ2v) is 6.30. The molecule has 130 valence electrons. The van der Waals surface area contributed by atoms with Gasteiger partial charge in [-0.2, -0.15) is 10.1 Å². The Morgan fingerprint density at radius 1 is 1.28 bits per heavy atom. The number of nitrogens with two attached hydrogens (primary N) is 1. The number of piperidine rings is 1. The molecule has 1 aliphatic rings. The first-order chi connectivity index (χ1) is 12.2. The van der Waals surface area contributed by atoms with E-state index in [9.17, 15) is 0 Å². The summed E-state index contributed by atoms with van der Waals surface area (Å²) in [5.74, 6) is 3.37. The molecule has 25 heavy (non-hydrogen) atoms. The van der Waals surface area contributed by atoms with Crippen LogP contribution in [0.3, 0.4) is 0 Å². The summed E-state index contributed by atoms with van der Waals surface area (Å²) in [5, 5.41) is 13.0. The van der Waals surface area contributed by atoms with Crippen molar-refractivity contribution in [1.82, 2.24) is 34.5 Å². The van der Waals surface area contributed by atoms with Crippen LogP contribution in [-0.4, -0.2) is 47.6 Å². The van der Waals surface area contributed by atoms with Crippen LogP contribution in [-0.2, 0) is 13.6 Å². The van der Waals surface area contributed by atoms with Gasteiger partial charge >= 0.3 is 0 Å². The molecule has 0 radical (unpaired) electrons.